The zero-order chi connectivity index (χ0) is 32.7. The molecule has 0 heterocycles. The van der Waals surface area contributed by atoms with Crippen molar-refractivity contribution < 1.29 is 4.74 Å². The van der Waals surface area contributed by atoms with Crippen molar-refractivity contribution in [2.45, 2.75) is 10.8 Å². The Morgan fingerprint density at radius 3 is 1.14 bits per heavy atom. The summed E-state index contributed by atoms with van der Waals surface area (Å²) in [5, 5.41) is 17.9. The number of benzene rings is 7. The fourth-order valence-corrected chi connectivity index (χ4v) is 9.19. The maximum atomic E-state index is 9.19. The Morgan fingerprint density at radius 2 is 0.673 bits per heavy atom. The van der Waals surface area contributed by atoms with Crippen LogP contribution in [-0.2, 0) is 15.6 Å². The van der Waals surface area contributed by atoms with Gasteiger partial charge in [0.25, 0.3) is 0 Å². The Balaban J connectivity index is 1.32. The lowest BCUT2D eigenvalue weighted by atomic mass is 9.52. The Labute approximate surface area is 285 Å². The average molecular weight is 627 g/mol. The van der Waals surface area contributed by atoms with E-state index in [4.69, 9.17) is 10.1 Å². The Hall–Kier alpha value is -6.32. The molecule has 2 N–H and O–H groups in total. The van der Waals surface area contributed by atoms with Gasteiger partial charge in [-0.2, -0.15) is 0 Å². The first-order valence-electron chi connectivity index (χ1n) is 16.7. The molecule has 0 amide bonds. The van der Waals surface area contributed by atoms with Gasteiger partial charge in [0.15, 0.2) is 0 Å². The molecule has 3 heteroatoms. The predicted octanol–water partition coefficient (Wildman–Crippen LogP) is 10.1. The molecule has 0 fully saturated rings. The molecule has 0 unspecified atom stereocenters. The minimum atomic E-state index is -0.639. The third-order valence-electron chi connectivity index (χ3n) is 11.0. The molecule has 0 aliphatic heterocycles. The first kappa shape index (κ1) is 27.8. The van der Waals surface area contributed by atoms with E-state index < -0.39 is 10.8 Å². The summed E-state index contributed by atoms with van der Waals surface area (Å²) < 4.78 is 5.97. The van der Waals surface area contributed by atoms with Gasteiger partial charge in [-0.15, -0.1) is 0 Å². The minimum absolute atomic E-state index is 0.0462. The molecule has 0 atom stereocenters. The molecule has 3 nitrogen and oxygen atoms in total. The van der Waals surface area contributed by atoms with Gasteiger partial charge >= 0.3 is 0 Å². The molecule has 49 heavy (non-hydrogen) atoms. The van der Waals surface area contributed by atoms with Crippen molar-refractivity contribution in [2.75, 3.05) is 0 Å². The molecule has 230 valence electrons. The molecular formula is C46H30N2O. The Morgan fingerprint density at radius 1 is 0.327 bits per heavy atom. The van der Waals surface area contributed by atoms with Crippen LogP contribution in [0.15, 0.2) is 170 Å². The summed E-state index contributed by atoms with van der Waals surface area (Å²) in [6.45, 7) is 0. The van der Waals surface area contributed by atoms with Gasteiger partial charge in [-0.3, -0.25) is 10.8 Å². The molecule has 7 aromatic carbocycles. The second-order valence-electron chi connectivity index (χ2n) is 13.1. The smallest absolute Gasteiger partial charge is 0.221 e. The molecule has 0 bridgehead atoms. The van der Waals surface area contributed by atoms with Crippen LogP contribution in [0.1, 0.15) is 55.6 Å². The van der Waals surface area contributed by atoms with Crippen LogP contribution < -0.4 is 0 Å². The van der Waals surface area contributed by atoms with E-state index in [1.54, 1.807) is 0 Å². The van der Waals surface area contributed by atoms with Gasteiger partial charge in [-0.25, -0.2) is 0 Å². The number of rotatable bonds is 2. The second kappa shape index (κ2) is 10.1. The monoisotopic (exact) mass is 626 g/mol. The van der Waals surface area contributed by atoms with Crippen LogP contribution in [0.3, 0.4) is 0 Å². The summed E-state index contributed by atoms with van der Waals surface area (Å²) in [6, 6.07) is 60.1. The van der Waals surface area contributed by atoms with Crippen LogP contribution in [0, 0.1) is 10.8 Å². The molecular weight excluding hydrogens is 597 g/mol. The predicted molar refractivity (Wildman–Crippen MR) is 196 cm³/mol. The molecule has 7 aromatic rings. The molecule has 2 spiro atoms. The first-order chi connectivity index (χ1) is 24.1. The number of nitrogens with one attached hydrogen (secondary N) is 2. The maximum Gasteiger partial charge on any atom is 0.221 e. The van der Waals surface area contributed by atoms with Gasteiger partial charge in [0.05, 0.1) is 10.8 Å². The van der Waals surface area contributed by atoms with Crippen molar-refractivity contribution in [2.24, 2.45) is 0 Å². The molecule has 0 saturated heterocycles. The van der Waals surface area contributed by atoms with Crippen LogP contribution in [0.25, 0.3) is 22.3 Å². The van der Waals surface area contributed by atoms with Gasteiger partial charge in [0.1, 0.15) is 0 Å². The van der Waals surface area contributed by atoms with E-state index in [9.17, 15) is 5.41 Å². The van der Waals surface area contributed by atoms with E-state index in [0.29, 0.717) is 11.1 Å². The van der Waals surface area contributed by atoms with Crippen molar-refractivity contribution in [1.82, 2.24) is 0 Å². The molecule has 3 aliphatic rings. The van der Waals surface area contributed by atoms with E-state index in [2.05, 4.69) is 133 Å². The normalized spacial score (nSPS) is 14.6. The third-order valence-corrected chi connectivity index (χ3v) is 11.0. The highest BCUT2D eigenvalue weighted by Crippen LogP contribution is 2.67. The fraction of sp³-hybridized carbons (Fsp3) is 0.0435. The lowest BCUT2D eigenvalue weighted by Gasteiger charge is -2.49. The van der Waals surface area contributed by atoms with Gasteiger partial charge in [0, 0.05) is 11.1 Å². The summed E-state index contributed by atoms with van der Waals surface area (Å²) in [6.07, 6.45) is 0. The van der Waals surface area contributed by atoms with Crippen molar-refractivity contribution >= 4 is 11.8 Å². The highest BCUT2D eigenvalue weighted by Gasteiger charge is 2.58. The quantitative estimate of drug-likeness (QED) is 0.146. The summed E-state index contributed by atoms with van der Waals surface area (Å²) in [5.74, 6) is -0.0958. The molecule has 3 aliphatic carbocycles. The average Bonchev–Trinajstić information content (AvgIpc) is 3.63. The van der Waals surface area contributed by atoms with Gasteiger partial charge < -0.3 is 4.74 Å². The third kappa shape index (κ3) is 3.46. The number of hydrogen-bond donors (Lipinski definition) is 2. The molecule has 0 aromatic heterocycles. The standard InChI is InChI=1S/C46H30N2O/c47-43(29-14-2-1-3-15-29)49-44(48)30-26-27-41-42(28-30)46(37-22-10-6-18-33(37)34-19-7-11-23-38(34)46)40-25-13-12-24-39(40)45(41)35-20-8-4-16-31(35)32-17-5-9-21-36(32)45/h1-28,47-48H. The number of ether oxygens (including phenoxy) is 1. The highest BCUT2D eigenvalue weighted by molar-refractivity contribution is 6.05. The zero-order valence-electron chi connectivity index (χ0n) is 26.6. The van der Waals surface area contributed by atoms with Crippen molar-refractivity contribution in [1.29, 1.82) is 10.8 Å². The maximum absolute atomic E-state index is 9.19. The van der Waals surface area contributed by atoms with Crippen molar-refractivity contribution in [3.63, 3.8) is 0 Å². The molecule has 0 radical (unpaired) electrons. The first-order valence-corrected chi connectivity index (χ1v) is 16.7. The fourth-order valence-electron chi connectivity index (χ4n) is 9.19. The zero-order valence-corrected chi connectivity index (χ0v) is 26.6. The summed E-state index contributed by atoms with van der Waals surface area (Å²) in [7, 11) is 0. The van der Waals surface area contributed by atoms with E-state index in [0.717, 1.165) is 5.56 Å². The lowest BCUT2D eigenvalue weighted by Crippen LogP contribution is -2.44. The van der Waals surface area contributed by atoms with Gasteiger partial charge in [0.2, 0.25) is 11.8 Å². The van der Waals surface area contributed by atoms with Crippen LogP contribution in [0.4, 0.5) is 0 Å². The second-order valence-corrected chi connectivity index (χ2v) is 13.1. The summed E-state index contributed by atoms with van der Waals surface area (Å²) >= 11 is 0. The van der Waals surface area contributed by atoms with Crippen molar-refractivity contribution in [3.05, 3.63) is 225 Å². The topological polar surface area (TPSA) is 56.9 Å². The Bertz CT molecular complexity index is 2440. The minimum Gasteiger partial charge on any atom is -0.421 e. The highest BCUT2D eigenvalue weighted by atomic mass is 16.5. The van der Waals surface area contributed by atoms with Crippen molar-refractivity contribution in [3.8, 4) is 22.3 Å². The molecule has 10 rings (SSSR count). The Kier molecular flexibility index (Phi) is 5.72. The number of hydrogen-bond acceptors (Lipinski definition) is 3. The largest absolute Gasteiger partial charge is 0.421 e. The van der Waals surface area contributed by atoms with Gasteiger partial charge in [-0.05, 0) is 91.0 Å². The SMILES string of the molecule is N=C(OC(=N)c1ccc2c(c1)C1(c3ccccc3-c3ccccc31)c1ccccc1C21c2ccccc2-c2ccccc21)c1ccccc1. The van der Waals surface area contributed by atoms with Crippen LogP contribution >= 0.6 is 0 Å². The van der Waals surface area contributed by atoms with Crippen LogP contribution in [0.2, 0.25) is 0 Å². The summed E-state index contributed by atoms with van der Waals surface area (Å²) in [4.78, 5) is 0. The van der Waals surface area contributed by atoms with E-state index >= 15 is 0 Å². The van der Waals surface area contributed by atoms with E-state index in [-0.39, 0.29) is 11.8 Å². The summed E-state index contributed by atoms with van der Waals surface area (Å²) in [5.41, 5.74) is 14.9. The van der Waals surface area contributed by atoms with E-state index in [1.165, 1.54) is 61.2 Å². The van der Waals surface area contributed by atoms with Gasteiger partial charge in [-0.1, -0.05) is 146 Å². The van der Waals surface area contributed by atoms with Crippen LogP contribution in [-0.4, -0.2) is 11.8 Å². The van der Waals surface area contributed by atoms with Crippen LogP contribution in [0.5, 0.6) is 0 Å². The lowest BCUT2D eigenvalue weighted by molar-refractivity contribution is 0.537. The number of fused-ring (bicyclic) bond motifs is 16. The molecule has 0 saturated carbocycles. The van der Waals surface area contributed by atoms with E-state index in [1.807, 2.05) is 36.4 Å².